The number of piperidine rings is 1. The Balaban J connectivity index is 1.32. The average molecular weight is 376 g/mol. The summed E-state index contributed by atoms with van der Waals surface area (Å²) in [5.41, 5.74) is 2.00. The molecule has 6 nitrogen and oxygen atoms in total. The quantitative estimate of drug-likeness (QED) is 0.713. The number of benzene rings is 2. The second-order valence-corrected chi connectivity index (χ2v) is 7.20. The minimum Gasteiger partial charge on any atom is -0.338 e. The number of hydrogen-bond acceptors (Lipinski definition) is 5. The van der Waals surface area contributed by atoms with Crippen LogP contribution >= 0.6 is 0 Å². The molecule has 1 saturated heterocycles. The summed E-state index contributed by atoms with van der Waals surface area (Å²) < 4.78 is 5.43. The van der Waals surface area contributed by atoms with Crippen LogP contribution in [-0.2, 0) is 17.8 Å². The van der Waals surface area contributed by atoms with Gasteiger partial charge in [-0.3, -0.25) is 9.69 Å². The summed E-state index contributed by atoms with van der Waals surface area (Å²) in [6.45, 7) is 2.22. The molecule has 0 spiro atoms. The Morgan fingerprint density at radius 1 is 1.11 bits per heavy atom. The molecule has 1 N–H and O–H groups in total. The molecule has 1 aliphatic heterocycles. The molecule has 4 rings (SSSR count). The largest absolute Gasteiger partial charge is 0.338 e. The van der Waals surface area contributed by atoms with Crippen LogP contribution in [0.15, 0.2) is 65.2 Å². The molecular weight excluding hydrogens is 352 g/mol. The highest BCUT2D eigenvalue weighted by atomic mass is 16.5. The van der Waals surface area contributed by atoms with Gasteiger partial charge in [0.25, 0.3) is 0 Å². The number of nitrogens with one attached hydrogen (secondary N) is 1. The van der Waals surface area contributed by atoms with E-state index in [9.17, 15) is 4.79 Å². The Labute approximate surface area is 164 Å². The first kappa shape index (κ1) is 18.4. The van der Waals surface area contributed by atoms with Crippen LogP contribution in [0.1, 0.15) is 30.1 Å². The monoisotopic (exact) mass is 376 g/mol. The van der Waals surface area contributed by atoms with Crippen LogP contribution in [0.2, 0.25) is 0 Å². The van der Waals surface area contributed by atoms with E-state index in [0.717, 1.165) is 30.6 Å². The van der Waals surface area contributed by atoms with E-state index < -0.39 is 0 Å². The zero-order chi connectivity index (χ0) is 19.2. The van der Waals surface area contributed by atoms with Crippen molar-refractivity contribution in [1.82, 2.24) is 15.0 Å². The highest BCUT2D eigenvalue weighted by Crippen LogP contribution is 2.20. The van der Waals surface area contributed by atoms with Crippen LogP contribution in [-0.4, -0.2) is 34.0 Å². The molecule has 144 valence electrons. The molecule has 0 bridgehead atoms. The minimum absolute atomic E-state index is 0.0272. The van der Waals surface area contributed by atoms with Gasteiger partial charge in [-0.25, -0.2) is 0 Å². The van der Waals surface area contributed by atoms with Gasteiger partial charge in [-0.1, -0.05) is 53.7 Å². The SMILES string of the molecule is O=C(Nc1ccccc1)[C@@H]1CCCN(Cc2nc(Cc3ccccc3)no2)C1. The summed E-state index contributed by atoms with van der Waals surface area (Å²) in [4.78, 5) is 19.3. The summed E-state index contributed by atoms with van der Waals surface area (Å²) in [6, 6.07) is 19.7. The molecule has 0 radical (unpaired) electrons. The van der Waals surface area contributed by atoms with E-state index in [1.807, 2.05) is 48.5 Å². The molecule has 0 saturated carbocycles. The number of likely N-dealkylation sites (tertiary alicyclic amines) is 1. The maximum absolute atomic E-state index is 12.6. The van der Waals surface area contributed by atoms with Crippen LogP contribution in [0.4, 0.5) is 5.69 Å². The van der Waals surface area contributed by atoms with Gasteiger partial charge in [-0.15, -0.1) is 0 Å². The van der Waals surface area contributed by atoms with E-state index in [1.165, 1.54) is 0 Å². The van der Waals surface area contributed by atoms with E-state index in [0.29, 0.717) is 31.2 Å². The molecule has 3 aromatic rings. The topological polar surface area (TPSA) is 71.3 Å². The Morgan fingerprint density at radius 2 is 1.86 bits per heavy atom. The Bertz CT molecular complexity index is 895. The third kappa shape index (κ3) is 4.84. The molecule has 1 atom stereocenters. The summed E-state index contributed by atoms with van der Waals surface area (Å²) in [6.07, 6.45) is 2.54. The summed E-state index contributed by atoms with van der Waals surface area (Å²) in [7, 11) is 0. The maximum atomic E-state index is 12.6. The third-order valence-electron chi connectivity index (χ3n) is 4.99. The Hall–Kier alpha value is -2.99. The van der Waals surface area contributed by atoms with Crippen molar-refractivity contribution in [2.24, 2.45) is 5.92 Å². The third-order valence-corrected chi connectivity index (χ3v) is 4.99. The molecule has 1 aliphatic rings. The highest BCUT2D eigenvalue weighted by molar-refractivity contribution is 5.92. The molecule has 1 fully saturated rings. The summed E-state index contributed by atoms with van der Waals surface area (Å²) in [5, 5.41) is 7.11. The number of carbonyl (C=O) groups is 1. The van der Waals surface area contributed by atoms with Crippen molar-refractivity contribution in [2.45, 2.75) is 25.8 Å². The fraction of sp³-hybridized carbons (Fsp3) is 0.318. The molecule has 6 heteroatoms. The second kappa shape index (κ2) is 8.80. The van der Waals surface area contributed by atoms with Crippen molar-refractivity contribution in [3.05, 3.63) is 77.9 Å². The predicted octanol–water partition coefficient (Wildman–Crippen LogP) is 3.51. The first-order valence-corrected chi connectivity index (χ1v) is 9.70. The smallest absolute Gasteiger partial charge is 0.240 e. The van der Waals surface area contributed by atoms with Gasteiger partial charge in [0.05, 0.1) is 12.5 Å². The Morgan fingerprint density at radius 3 is 2.64 bits per heavy atom. The average Bonchev–Trinajstić information content (AvgIpc) is 3.16. The van der Waals surface area contributed by atoms with Crippen molar-refractivity contribution in [1.29, 1.82) is 0 Å². The van der Waals surface area contributed by atoms with Crippen molar-refractivity contribution >= 4 is 11.6 Å². The standard InChI is InChI=1S/C22H24N4O2/c27-22(23-19-11-5-2-6-12-19)18-10-7-13-26(15-18)16-21-24-20(25-28-21)14-17-8-3-1-4-9-17/h1-6,8-9,11-12,18H,7,10,13-16H2,(H,23,27)/t18-/m1/s1. The normalized spacial score (nSPS) is 17.4. The molecule has 1 amide bonds. The van der Waals surface area contributed by atoms with Gasteiger partial charge in [-0.05, 0) is 37.1 Å². The van der Waals surface area contributed by atoms with Gasteiger partial charge in [0.1, 0.15) is 0 Å². The fourth-order valence-corrected chi connectivity index (χ4v) is 3.57. The number of carbonyl (C=O) groups excluding carboxylic acids is 1. The highest BCUT2D eigenvalue weighted by Gasteiger charge is 2.27. The summed E-state index contributed by atoms with van der Waals surface area (Å²) in [5.74, 6) is 1.35. The second-order valence-electron chi connectivity index (χ2n) is 7.20. The lowest BCUT2D eigenvalue weighted by atomic mass is 9.97. The zero-order valence-corrected chi connectivity index (χ0v) is 15.8. The van der Waals surface area contributed by atoms with Gasteiger partial charge in [-0.2, -0.15) is 4.98 Å². The number of hydrogen-bond donors (Lipinski definition) is 1. The fourth-order valence-electron chi connectivity index (χ4n) is 3.57. The van der Waals surface area contributed by atoms with E-state index in [1.54, 1.807) is 0 Å². The number of para-hydroxylation sites is 1. The van der Waals surface area contributed by atoms with E-state index in [4.69, 9.17) is 4.52 Å². The van der Waals surface area contributed by atoms with Crippen LogP contribution in [0, 0.1) is 5.92 Å². The minimum atomic E-state index is -0.0272. The summed E-state index contributed by atoms with van der Waals surface area (Å²) >= 11 is 0. The number of nitrogens with zero attached hydrogens (tertiary/aromatic N) is 3. The van der Waals surface area contributed by atoms with Crippen LogP contribution in [0.3, 0.4) is 0 Å². The first-order valence-electron chi connectivity index (χ1n) is 9.70. The maximum Gasteiger partial charge on any atom is 0.240 e. The lowest BCUT2D eigenvalue weighted by Crippen LogP contribution is -2.40. The Kier molecular flexibility index (Phi) is 5.77. The van der Waals surface area contributed by atoms with Crippen molar-refractivity contribution in [3.63, 3.8) is 0 Å². The van der Waals surface area contributed by atoms with Gasteiger partial charge in [0.2, 0.25) is 11.8 Å². The van der Waals surface area contributed by atoms with Crippen molar-refractivity contribution in [3.8, 4) is 0 Å². The lowest BCUT2D eigenvalue weighted by Gasteiger charge is -2.30. The molecule has 0 unspecified atom stereocenters. The van der Waals surface area contributed by atoms with E-state index in [2.05, 4.69) is 32.5 Å². The number of aromatic nitrogens is 2. The lowest BCUT2D eigenvalue weighted by molar-refractivity contribution is -0.121. The number of rotatable bonds is 6. The van der Waals surface area contributed by atoms with Gasteiger partial charge < -0.3 is 9.84 Å². The molecular formula is C22H24N4O2. The predicted molar refractivity (Wildman–Crippen MR) is 107 cm³/mol. The van der Waals surface area contributed by atoms with Crippen LogP contribution < -0.4 is 5.32 Å². The van der Waals surface area contributed by atoms with Gasteiger partial charge >= 0.3 is 0 Å². The molecule has 1 aromatic heterocycles. The molecule has 2 aromatic carbocycles. The van der Waals surface area contributed by atoms with Gasteiger partial charge in [0.15, 0.2) is 5.82 Å². The number of anilines is 1. The van der Waals surface area contributed by atoms with Crippen molar-refractivity contribution < 1.29 is 9.32 Å². The van der Waals surface area contributed by atoms with Gasteiger partial charge in [0, 0.05) is 18.7 Å². The van der Waals surface area contributed by atoms with Crippen LogP contribution in [0.5, 0.6) is 0 Å². The first-order chi connectivity index (χ1) is 13.8. The number of amides is 1. The molecule has 2 heterocycles. The molecule has 28 heavy (non-hydrogen) atoms. The molecule has 0 aliphatic carbocycles. The van der Waals surface area contributed by atoms with E-state index in [-0.39, 0.29) is 11.8 Å². The zero-order valence-electron chi connectivity index (χ0n) is 15.8. The van der Waals surface area contributed by atoms with E-state index >= 15 is 0 Å². The van der Waals surface area contributed by atoms with Crippen LogP contribution in [0.25, 0.3) is 0 Å². The van der Waals surface area contributed by atoms with Crippen molar-refractivity contribution in [2.75, 3.05) is 18.4 Å².